The van der Waals surface area contributed by atoms with Gasteiger partial charge in [0, 0.05) is 34.4 Å². The number of H-pyrrole nitrogens is 2. The van der Waals surface area contributed by atoms with Gasteiger partial charge < -0.3 is 10.3 Å². The van der Waals surface area contributed by atoms with E-state index in [9.17, 15) is 4.79 Å². The lowest BCUT2D eigenvalue weighted by Crippen LogP contribution is -2.34. The van der Waals surface area contributed by atoms with Crippen LogP contribution < -0.4 is 5.32 Å². The van der Waals surface area contributed by atoms with Crippen molar-refractivity contribution in [3.63, 3.8) is 0 Å². The summed E-state index contributed by atoms with van der Waals surface area (Å²) in [5.41, 5.74) is 2.27. The minimum atomic E-state index is -0.495. The fourth-order valence-electron chi connectivity index (χ4n) is 3.95. The van der Waals surface area contributed by atoms with Gasteiger partial charge >= 0.3 is 0 Å². The Kier molecular flexibility index (Phi) is 5.77. The van der Waals surface area contributed by atoms with Gasteiger partial charge in [-0.3, -0.25) is 14.5 Å². The molecule has 0 fully saturated rings. The molecule has 2 atom stereocenters. The number of hydrogen-bond acceptors (Lipinski definition) is 5. The molecule has 6 nitrogen and oxygen atoms in total. The summed E-state index contributed by atoms with van der Waals surface area (Å²) in [6, 6.07) is 15.8. The third-order valence-corrected chi connectivity index (χ3v) is 7.72. The topological polar surface area (TPSA) is 78.5 Å². The molecule has 2 unspecified atom stereocenters. The minimum absolute atomic E-state index is 0.0522. The zero-order chi connectivity index (χ0) is 22.1. The summed E-state index contributed by atoms with van der Waals surface area (Å²) in [7, 11) is 0. The minimum Gasteiger partial charge on any atom is -0.361 e. The molecule has 0 aliphatic rings. The molecule has 32 heavy (non-hydrogen) atoms. The van der Waals surface area contributed by atoms with Crippen molar-refractivity contribution in [3.05, 3.63) is 80.7 Å². The van der Waals surface area contributed by atoms with Gasteiger partial charge in [0.2, 0.25) is 5.91 Å². The van der Waals surface area contributed by atoms with E-state index in [2.05, 4.69) is 44.1 Å². The van der Waals surface area contributed by atoms with Crippen molar-refractivity contribution >= 4 is 51.7 Å². The Morgan fingerprint density at radius 2 is 1.97 bits per heavy atom. The van der Waals surface area contributed by atoms with Crippen LogP contribution in [0.25, 0.3) is 21.6 Å². The van der Waals surface area contributed by atoms with Crippen molar-refractivity contribution in [1.29, 1.82) is 0 Å². The predicted molar refractivity (Wildman–Crippen MR) is 133 cm³/mol. The number of hydrogen-bond donors (Lipinski definition) is 3. The number of benzene rings is 1. The van der Waals surface area contributed by atoms with Crippen LogP contribution in [0, 0.1) is 4.77 Å². The smallest absolute Gasteiger partial charge is 0.242 e. The Bertz CT molecular complexity index is 1400. The van der Waals surface area contributed by atoms with E-state index >= 15 is 0 Å². The van der Waals surface area contributed by atoms with Gasteiger partial charge in [-0.25, -0.2) is 0 Å². The van der Waals surface area contributed by atoms with E-state index in [4.69, 9.17) is 12.2 Å². The Morgan fingerprint density at radius 1 is 1.16 bits per heavy atom. The maximum Gasteiger partial charge on any atom is 0.242 e. The van der Waals surface area contributed by atoms with E-state index < -0.39 is 6.04 Å². The van der Waals surface area contributed by atoms with E-state index in [0.717, 1.165) is 10.4 Å². The normalized spacial score (nSPS) is 13.3. The highest BCUT2D eigenvalue weighted by molar-refractivity contribution is 7.71. The SMILES string of the molecule is CC(C(=O)NCC(c1cccs1)c1c[nH]c2ccccc12)n1c(-c2cccs2)n[nH]c1=S. The molecule has 4 aromatic heterocycles. The molecule has 3 N–H and O–H groups in total. The van der Waals surface area contributed by atoms with Gasteiger partial charge in [-0.1, -0.05) is 30.3 Å². The fraction of sp³-hybridized carbons (Fsp3) is 0.174. The monoisotopic (exact) mass is 479 g/mol. The fourth-order valence-corrected chi connectivity index (χ4v) is 5.79. The maximum absolute atomic E-state index is 13.2. The van der Waals surface area contributed by atoms with E-state index in [1.807, 2.05) is 48.8 Å². The van der Waals surface area contributed by atoms with Crippen LogP contribution in [0.5, 0.6) is 0 Å². The van der Waals surface area contributed by atoms with Crippen molar-refractivity contribution in [3.8, 4) is 10.7 Å². The summed E-state index contributed by atoms with van der Waals surface area (Å²) in [4.78, 5) is 18.7. The molecular formula is C23H21N5OS3. The lowest BCUT2D eigenvalue weighted by Gasteiger charge is -2.19. The van der Waals surface area contributed by atoms with E-state index in [-0.39, 0.29) is 11.8 Å². The summed E-state index contributed by atoms with van der Waals surface area (Å²) in [6.07, 6.45) is 2.05. The quantitative estimate of drug-likeness (QED) is 0.261. The summed E-state index contributed by atoms with van der Waals surface area (Å²) < 4.78 is 2.21. The molecular weight excluding hydrogens is 458 g/mol. The Morgan fingerprint density at radius 3 is 2.75 bits per heavy atom. The van der Waals surface area contributed by atoms with Crippen LogP contribution in [0.3, 0.4) is 0 Å². The number of carbonyl (C=O) groups is 1. The molecule has 5 rings (SSSR count). The molecule has 4 heterocycles. The van der Waals surface area contributed by atoms with Crippen LogP contribution >= 0.6 is 34.9 Å². The summed E-state index contributed by atoms with van der Waals surface area (Å²) in [5.74, 6) is 0.636. The third-order valence-electron chi connectivity index (χ3n) is 5.58. The highest BCUT2D eigenvalue weighted by Crippen LogP contribution is 2.33. The molecule has 0 aliphatic carbocycles. The number of amides is 1. The second kappa shape index (κ2) is 8.85. The van der Waals surface area contributed by atoms with Crippen molar-refractivity contribution in [2.75, 3.05) is 6.54 Å². The van der Waals surface area contributed by atoms with Gasteiger partial charge in [0.05, 0.1) is 4.88 Å². The molecule has 1 amide bonds. The maximum atomic E-state index is 13.2. The Hall–Kier alpha value is -3.01. The number of nitrogens with zero attached hydrogens (tertiary/aromatic N) is 2. The largest absolute Gasteiger partial charge is 0.361 e. The number of aromatic nitrogens is 4. The zero-order valence-electron chi connectivity index (χ0n) is 17.2. The Labute approximate surface area is 197 Å². The molecule has 5 aromatic rings. The lowest BCUT2D eigenvalue weighted by atomic mass is 9.96. The van der Waals surface area contributed by atoms with Crippen molar-refractivity contribution < 1.29 is 4.79 Å². The van der Waals surface area contributed by atoms with Crippen LogP contribution in [0.15, 0.2) is 65.5 Å². The Balaban J connectivity index is 1.41. The number of carbonyl (C=O) groups excluding carboxylic acids is 1. The first-order valence-corrected chi connectivity index (χ1v) is 12.4. The molecule has 162 valence electrons. The summed E-state index contributed by atoms with van der Waals surface area (Å²) in [5, 5.41) is 15.6. The average Bonchev–Trinajstić information content (AvgIpc) is 3.60. The van der Waals surface area contributed by atoms with Crippen molar-refractivity contribution in [1.82, 2.24) is 25.1 Å². The lowest BCUT2D eigenvalue weighted by molar-refractivity contribution is -0.123. The first-order valence-electron chi connectivity index (χ1n) is 10.2. The molecule has 0 radical (unpaired) electrons. The standard InChI is InChI=1S/C23H21N5OS3/c1-14(28-21(26-27-23(28)30)20-9-5-11-32-20)22(29)25-13-17(19-8-4-10-31-19)16-12-24-18-7-3-2-6-15(16)18/h2-12,14,17,24H,13H2,1H3,(H,25,29)(H,27,30). The van der Waals surface area contributed by atoms with Crippen molar-refractivity contribution in [2.45, 2.75) is 18.9 Å². The summed E-state index contributed by atoms with van der Waals surface area (Å²) >= 11 is 8.69. The highest BCUT2D eigenvalue weighted by Gasteiger charge is 2.24. The predicted octanol–water partition coefficient (Wildman–Crippen LogP) is 5.72. The van der Waals surface area contributed by atoms with Gasteiger partial charge in [0.1, 0.15) is 6.04 Å². The number of thiophene rings is 2. The second-order valence-electron chi connectivity index (χ2n) is 7.48. The number of para-hydroxylation sites is 1. The van der Waals surface area contributed by atoms with Crippen LogP contribution in [0.2, 0.25) is 0 Å². The molecule has 9 heteroatoms. The number of nitrogens with one attached hydrogen (secondary N) is 3. The number of fused-ring (bicyclic) bond motifs is 1. The first-order chi connectivity index (χ1) is 15.6. The molecule has 0 bridgehead atoms. The van der Waals surface area contributed by atoms with Gasteiger partial charge in [0.15, 0.2) is 10.6 Å². The number of rotatable bonds is 7. The zero-order valence-corrected chi connectivity index (χ0v) is 19.7. The van der Waals surface area contributed by atoms with Crippen molar-refractivity contribution in [2.24, 2.45) is 0 Å². The van der Waals surface area contributed by atoms with E-state index in [1.54, 1.807) is 27.2 Å². The van der Waals surface area contributed by atoms with Gasteiger partial charge in [-0.15, -0.1) is 22.7 Å². The molecule has 1 aromatic carbocycles. The van der Waals surface area contributed by atoms with Gasteiger partial charge in [-0.2, -0.15) is 5.10 Å². The first kappa shape index (κ1) is 20.9. The summed E-state index contributed by atoms with van der Waals surface area (Å²) in [6.45, 7) is 2.34. The van der Waals surface area contributed by atoms with Crippen LogP contribution in [-0.2, 0) is 4.79 Å². The van der Waals surface area contributed by atoms with Crippen LogP contribution in [0.1, 0.15) is 29.3 Å². The highest BCUT2D eigenvalue weighted by atomic mass is 32.1. The molecule has 0 saturated heterocycles. The van der Waals surface area contributed by atoms with E-state index in [0.29, 0.717) is 17.1 Å². The second-order valence-corrected chi connectivity index (χ2v) is 9.79. The third kappa shape index (κ3) is 3.83. The van der Waals surface area contributed by atoms with Gasteiger partial charge in [0.25, 0.3) is 0 Å². The van der Waals surface area contributed by atoms with Crippen LogP contribution in [-0.4, -0.2) is 32.2 Å². The average molecular weight is 480 g/mol. The number of aromatic amines is 2. The molecule has 0 aliphatic heterocycles. The van der Waals surface area contributed by atoms with Gasteiger partial charge in [-0.05, 0) is 53.7 Å². The van der Waals surface area contributed by atoms with Crippen LogP contribution in [0.4, 0.5) is 0 Å². The molecule has 0 spiro atoms. The van der Waals surface area contributed by atoms with E-state index in [1.165, 1.54) is 15.8 Å². The molecule has 0 saturated carbocycles.